The van der Waals surface area contributed by atoms with E-state index < -0.39 is 8.07 Å². The van der Waals surface area contributed by atoms with Gasteiger partial charge in [-0.2, -0.15) is 0 Å². The Balaban J connectivity index is 1.51. The molecule has 1 aliphatic carbocycles. The van der Waals surface area contributed by atoms with Crippen molar-refractivity contribution in [2.45, 2.75) is 83.8 Å². The highest BCUT2D eigenvalue weighted by atomic mass is 28.3. The number of rotatable bonds is 4. The molecule has 0 amide bonds. The van der Waals surface area contributed by atoms with Gasteiger partial charge in [0, 0.05) is 6.07 Å². The minimum Gasteiger partial charge on any atom is -0.200 e. The molecule has 1 aromatic heterocycles. The lowest BCUT2D eigenvalue weighted by molar-refractivity contribution is -0.659. The minimum absolute atomic E-state index is 0.516. The van der Waals surface area contributed by atoms with Gasteiger partial charge in [0.15, 0.2) is 6.20 Å². The Labute approximate surface area is 231 Å². The van der Waals surface area contributed by atoms with Gasteiger partial charge in [-0.05, 0) is 70.9 Å². The van der Waals surface area contributed by atoms with Gasteiger partial charge < -0.3 is 0 Å². The maximum Gasteiger partial charge on any atom is 0.220 e. The Morgan fingerprint density at radius 2 is 1.55 bits per heavy atom. The van der Waals surface area contributed by atoms with Gasteiger partial charge in [-0.3, -0.25) is 0 Å². The Hall–Kier alpha value is -2.71. The fourth-order valence-corrected chi connectivity index (χ4v) is 11.6. The third-order valence-corrected chi connectivity index (χ3v) is 14.6. The molecule has 1 aliphatic heterocycles. The lowest BCUT2D eigenvalue weighted by atomic mass is 9.85. The maximum atomic E-state index is 2.63. The molecule has 2 fully saturated rings. The summed E-state index contributed by atoms with van der Waals surface area (Å²) in [6, 6.07) is 28.7. The van der Waals surface area contributed by atoms with Gasteiger partial charge in [0.2, 0.25) is 5.69 Å². The molecule has 2 aliphatic rings. The first kappa shape index (κ1) is 25.6. The monoisotopic (exact) mass is 518 g/mol. The van der Waals surface area contributed by atoms with Crippen LogP contribution >= 0.6 is 0 Å². The molecule has 1 saturated carbocycles. The van der Waals surface area contributed by atoms with E-state index in [-0.39, 0.29) is 0 Å². The van der Waals surface area contributed by atoms with Crippen LogP contribution in [-0.4, -0.2) is 8.07 Å². The second-order valence-corrected chi connectivity index (χ2v) is 18.1. The molecule has 1 saturated heterocycles. The van der Waals surface area contributed by atoms with Crippen LogP contribution in [0.15, 0.2) is 72.9 Å². The van der Waals surface area contributed by atoms with E-state index in [4.69, 9.17) is 0 Å². The lowest BCUT2D eigenvalue weighted by Crippen LogP contribution is -2.48. The van der Waals surface area contributed by atoms with Crippen molar-refractivity contribution in [2.75, 3.05) is 0 Å². The maximum absolute atomic E-state index is 2.63. The first-order valence-corrected chi connectivity index (χ1v) is 17.8. The quantitative estimate of drug-likeness (QED) is 0.187. The largest absolute Gasteiger partial charge is 0.220 e. The smallest absolute Gasteiger partial charge is 0.200 e. The Kier molecular flexibility index (Phi) is 6.59. The van der Waals surface area contributed by atoms with E-state index in [9.17, 15) is 0 Å². The molecule has 0 atom stereocenters. The van der Waals surface area contributed by atoms with Crippen LogP contribution in [0, 0.1) is 12.3 Å². The lowest BCUT2D eigenvalue weighted by Gasteiger charge is -2.40. The van der Waals surface area contributed by atoms with Gasteiger partial charge in [-0.1, -0.05) is 112 Å². The van der Waals surface area contributed by atoms with Crippen LogP contribution in [0.3, 0.4) is 0 Å². The molecule has 2 heteroatoms. The highest BCUT2D eigenvalue weighted by Gasteiger charge is 2.38. The molecule has 1 nitrogen and oxygen atoms in total. The number of nitrogens with zero attached hydrogens (tertiary/aromatic N) is 1. The topological polar surface area (TPSA) is 3.88 Å². The zero-order valence-corrected chi connectivity index (χ0v) is 25.1. The van der Waals surface area contributed by atoms with Crippen molar-refractivity contribution in [2.24, 2.45) is 12.5 Å². The molecule has 196 valence electrons. The standard InChI is InChI=1S/C36H44NSi/c1-26-33(28-13-9-10-14-28)24-30(27-11-7-6-8-12-27)25-34(26)35-32-16-15-31(23-29(32)17-20-37(35)4)38(5)21-18-36(2,3)19-22-38/h6-8,11-12,15-17,20,23-25,28H,9-10,13-14,18-19,21-22H2,1-5H3/q+1. The summed E-state index contributed by atoms with van der Waals surface area (Å²) in [5.74, 6) is 0.686. The molecule has 38 heavy (non-hydrogen) atoms. The van der Waals surface area contributed by atoms with Gasteiger partial charge in [0.25, 0.3) is 0 Å². The van der Waals surface area contributed by atoms with Crippen molar-refractivity contribution in [3.63, 3.8) is 0 Å². The van der Waals surface area contributed by atoms with Gasteiger partial charge in [0.1, 0.15) is 7.05 Å². The molecular formula is C36H44NSi+. The average Bonchev–Trinajstić information content (AvgIpc) is 3.46. The summed E-state index contributed by atoms with van der Waals surface area (Å²) in [5.41, 5.74) is 8.99. The fraction of sp³-hybridized carbons (Fsp3) is 0.417. The van der Waals surface area contributed by atoms with E-state index in [0.29, 0.717) is 11.3 Å². The Bertz CT molecular complexity index is 1470. The molecule has 3 aromatic carbocycles. The van der Waals surface area contributed by atoms with Gasteiger partial charge >= 0.3 is 0 Å². The van der Waals surface area contributed by atoms with Gasteiger partial charge in [-0.15, -0.1) is 0 Å². The van der Waals surface area contributed by atoms with E-state index >= 15 is 0 Å². The van der Waals surface area contributed by atoms with Crippen molar-refractivity contribution >= 4 is 24.0 Å². The zero-order valence-electron chi connectivity index (χ0n) is 24.1. The third-order valence-electron chi connectivity index (χ3n) is 10.1. The molecule has 0 N–H and O–H groups in total. The second-order valence-electron chi connectivity index (χ2n) is 13.4. The van der Waals surface area contributed by atoms with Crippen LogP contribution in [0.4, 0.5) is 0 Å². The van der Waals surface area contributed by atoms with Crippen LogP contribution in [-0.2, 0) is 7.05 Å². The first-order valence-electron chi connectivity index (χ1n) is 14.9. The van der Waals surface area contributed by atoms with Crippen LogP contribution < -0.4 is 9.75 Å². The molecule has 6 rings (SSSR count). The Morgan fingerprint density at radius 3 is 2.26 bits per heavy atom. The normalized spacial score (nSPS) is 19.2. The summed E-state index contributed by atoms with van der Waals surface area (Å²) in [4.78, 5) is 0. The van der Waals surface area contributed by atoms with Crippen LogP contribution in [0.2, 0.25) is 18.6 Å². The van der Waals surface area contributed by atoms with Crippen LogP contribution in [0.5, 0.6) is 0 Å². The minimum atomic E-state index is -1.43. The van der Waals surface area contributed by atoms with Crippen LogP contribution in [0.1, 0.15) is 69.4 Å². The first-order chi connectivity index (χ1) is 18.2. The fourth-order valence-electron chi connectivity index (χ4n) is 7.29. The zero-order chi connectivity index (χ0) is 26.5. The molecule has 4 aromatic rings. The van der Waals surface area contributed by atoms with E-state index in [0.717, 1.165) is 0 Å². The number of aryl methyl sites for hydroxylation is 1. The highest BCUT2D eigenvalue weighted by molar-refractivity contribution is 6.91. The van der Waals surface area contributed by atoms with E-state index in [2.05, 4.69) is 112 Å². The van der Waals surface area contributed by atoms with Gasteiger partial charge in [0.05, 0.1) is 19.0 Å². The number of hydrogen-bond acceptors (Lipinski definition) is 0. The van der Waals surface area contributed by atoms with Crippen molar-refractivity contribution in [1.29, 1.82) is 0 Å². The second kappa shape index (κ2) is 9.79. The van der Waals surface area contributed by atoms with Crippen molar-refractivity contribution in [3.05, 3.63) is 84.1 Å². The van der Waals surface area contributed by atoms with Crippen molar-refractivity contribution in [1.82, 2.24) is 0 Å². The summed E-state index contributed by atoms with van der Waals surface area (Å²) < 4.78 is 2.36. The summed E-state index contributed by atoms with van der Waals surface area (Å²) in [6.45, 7) is 9.93. The highest BCUT2D eigenvalue weighted by Crippen LogP contribution is 2.43. The molecular weight excluding hydrogens is 474 g/mol. The van der Waals surface area contributed by atoms with Gasteiger partial charge in [-0.25, -0.2) is 4.57 Å². The number of fused-ring (bicyclic) bond motifs is 1. The van der Waals surface area contributed by atoms with Crippen LogP contribution in [0.25, 0.3) is 33.2 Å². The third kappa shape index (κ3) is 4.66. The summed E-state index contributed by atoms with van der Waals surface area (Å²) in [5, 5.41) is 4.45. The molecule has 0 radical (unpaired) electrons. The predicted octanol–water partition coefficient (Wildman–Crippen LogP) is 9.07. The molecule has 0 bridgehead atoms. The Morgan fingerprint density at radius 1 is 0.842 bits per heavy atom. The summed E-state index contributed by atoms with van der Waals surface area (Å²) >= 11 is 0. The number of pyridine rings is 1. The molecule has 0 unspecified atom stereocenters. The van der Waals surface area contributed by atoms with Crippen molar-refractivity contribution < 1.29 is 4.57 Å². The summed E-state index contributed by atoms with van der Waals surface area (Å²) in [7, 11) is 0.801. The number of aromatic nitrogens is 1. The molecule has 2 heterocycles. The van der Waals surface area contributed by atoms with Crippen molar-refractivity contribution in [3.8, 4) is 22.4 Å². The summed E-state index contributed by atoms with van der Waals surface area (Å²) in [6.07, 6.45) is 10.4. The number of benzene rings is 3. The number of hydrogen-bond donors (Lipinski definition) is 0. The average molecular weight is 519 g/mol. The van der Waals surface area contributed by atoms with E-state index in [1.54, 1.807) is 10.8 Å². The predicted molar refractivity (Wildman–Crippen MR) is 166 cm³/mol. The SMILES string of the molecule is Cc1c(-c2c3ccc([Si]4(C)CCC(C)(C)CC4)cc3cc[n+]2C)cc(-c2ccccc2)cc1C1CCCC1. The van der Waals surface area contributed by atoms with E-state index in [1.807, 2.05) is 0 Å². The van der Waals surface area contributed by atoms with E-state index in [1.165, 1.54) is 89.3 Å². The molecule has 0 spiro atoms.